The predicted molar refractivity (Wildman–Crippen MR) is 120 cm³/mol. The van der Waals surface area contributed by atoms with Crippen molar-refractivity contribution in [2.75, 3.05) is 6.61 Å². The molecular formula is C26H36O4. The van der Waals surface area contributed by atoms with Crippen molar-refractivity contribution in [3.8, 4) is 0 Å². The van der Waals surface area contributed by atoms with Gasteiger partial charge in [-0.05, 0) is 58.6 Å². The maximum absolute atomic E-state index is 12.0. The molecule has 0 aliphatic heterocycles. The number of esters is 1. The molecule has 0 radical (unpaired) electrons. The zero-order chi connectivity index (χ0) is 22.0. The van der Waals surface area contributed by atoms with E-state index in [0.29, 0.717) is 32.7 Å². The van der Waals surface area contributed by atoms with Gasteiger partial charge in [-0.25, -0.2) is 0 Å². The molecule has 0 bridgehead atoms. The molecule has 164 valence electrons. The number of ether oxygens (including phenoxy) is 3. The van der Waals surface area contributed by atoms with E-state index in [2.05, 4.69) is 45.0 Å². The second-order valence-corrected chi connectivity index (χ2v) is 9.04. The molecule has 0 saturated carbocycles. The highest BCUT2D eigenvalue weighted by Crippen LogP contribution is 2.22. The summed E-state index contributed by atoms with van der Waals surface area (Å²) in [6.45, 7) is 11.7. The zero-order valence-corrected chi connectivity index (χ0v) is 19.1. The fraction of sp³-hybridized carbons (Fsp3) is 0.500. The van der Waals surface area contributed by atoms with Gasteiger partial charge in [-0.3, -0.25) is 4.79 Å². The van der Waals surface area contributed by atoms with Crippen molar-refractivity contribution >= 4 is 5.97 Å². The highest BCUT2D eigenvalue weighted by Gasteiger charge is 2.24. The molecule has 0 atom stereocenters. The molecule has 0 N–H and O–H groups in total. The third-order valence-corrected chi connectivity index (χ3v) is 5.12. The summed E-state index contributed by atoms with van der Waals surface area (Å²) >= 11 is 0. The first-order valence-electron chi connectivity index (χ1n) is 10.7. The first-order chi connectivity index (χ1) is 14.2. The van der Waals surface area contributed by atoms with Crippen LogP contribution in [0.3, 0.4) is 0 Å². The number of benzene rings is 2. The predicted octanol–water partition coefficient (Wildman–Crippen LogP) is 6.00. The van der Waals surface area contributed by atoms with Crippen molar-refractivity contribution in [2.45, 2.75) is 78.3 Å². The summed E-state index contributed by atoms with van der Waals surface area (Å²) in [5.41, 5.74) is 2.74. The highest BCUT2D eigenvalue weighted by atomic mass is 16.5. The Morgan fingerprint density at radius 1 is 0.767 bits per heavy atom. The zero-order valence-electron chi connectivity index (χ0n) is 19.1. The average Bonchev–Trinajstić information content (AvgIpc) is 2.71. The van der Waals surface area contributed by atoms with Crippen molar-refractivity contribution < 1.29 is 19.0 Å². The van der Waals surface area contributed by atoms with Crippen LogP contribution in [0.2, 0.25) is 0 Å². The van der Waals surface area contributed by atoms with Crippen LogP contribution in [-0.2, 0) is 32.2 Å². The Balaban J connectivity index is 1.65. The molecule has 0 amide bonds. The molecule has 4 heteroatoms. The second kappa shape index (κ2) is 11.3. The minimum Gasteiger partial charge on any atom is -0.461 e. The van der Waals surface area contributed by atoms with E-state index in [-0.39, 0.29) is 11.6 Å². The third-order valence-electron chi connectivity index (χ3n) is 5.12. The van der Waals surface area contributed by atoms with Crippen LogP contribution in [0.5, 0.6) is 0 Å². The topological polar surface area (TPSA) is 44.8 Å². The van der Waals surface area contributed by atoms with Gasteiger partial charge < -0.3 is 14.2 Å². The molecule has 0 aromatic heterocycles. The van der Waals surface area contributed by atoms with Gasteiger partial charge in [-0.2, -0.15) is 0 Å². The van der Waals surface area contributed by atoms with Crippen molar-refractivity contribution in [3.05, 3.63) is 71.3 Å². The normalized spacial score (nSPS) is 12.0. The quantitative estimate of drug-likeness (QED) is 0.401. The minimum atomic E-state index is -0.390. The molecule has 4 nitrogen and oxygen atoms in total. The van der Waals surface area contributed by atoms with E-state index < -0.39 is 5.60 Å². The standard InChI is InChI=1S/C26H36O4/c1-21-11-13-23(14-12-21)20-30-26(4,5)17-18-29-25(2,3)16-15-24(27)28-19-22-9-7-6-8-10-22/h6-14H,15-20H2,1-5H3. The Morgan fingerprint density at radius 2 is 1.37 bits per heavy atom. The van der Waals surface area contributed by atoms with E-state index in [1.54, 1.807) is 0 Å². The number of carbonyl (C=O) groups is 1. The molecule has 0 aliphatic rings. The summed E-state index contributed by atoms with van der Waals surface area (Å²) in [4.78, 5) is 12.0. The number of hydrogen-bond donors (Lipinski definition) is 0. The van der Waals surface area contributed by atoms with Gasteiger partial charge in [0.15, 0.2) is 0 Å². The fourth-order valence-corrected chi connectivity index (χ4v) is 2.89. The lowest BCUT2D eigenvalue weighted by atomic mass is 10.0. The third kappa shape index (κ3) is 9.55. The monoisotopic (exact) mass is 412 g/mol. The number of carbonyl (C=O) groups excluding carboxylic acids is 1. The smallest absolute Gasteiger partial charge is 0.306 e. The van der Waals surface area contributed by atoms with Gasteiger partial charge in [0.05, 0.1) is 24.4 Å². The van der Waals surface area contributed by atoms with Crippen LogP contribution in [0, 0.1) is 6.92 Å². The van der Waals surface area contributed by atoms with E-state index in [0.717, 1.165) is 12.0 Å². The number of hydrogen-bond acceptors (Lipinski definition) is 4. The maximum atomic E-state index is 12.0. The summed E-state index contributed by atoms with van der Waals surface area (Å²) < 4.78 is 17.5. The Labute approximate surface area is 181 Å². The van der Waals surface area contributed by atoms with Crippen LogP contribution < -0.4 is 0 Å². The Morgan fingerprint density at radius 3 is 2.03 bits per heavy atom. The fourth-order valence-electron chi connectivity index (χ4n) is 2.89. The molecule has 0 heterocycles. The van der Waals surface area contributed by atoms with Crippen LogP contribution in [0.4, 0.5) is 0 Å². The molecule has 2 rings (SSSR count). The van der Waals surface area contributed by atoms with Crippen LogP contribution in [-0.4, -0.2) is 23.8 Å². The summed E-state index contributed by atoms with van der Waals surface area (Å²) in [5.74, 6) is -0.197. The van der Waals surface area contributed by atoms with E-state index in [1.807, 2.05) is 44.2 Å². The average molecular weight is 413 g/mol. The molecule has 2 aromatic carbocycles. The molecule has 0 unspecified atom stereocenters. The lowest BCUT2D eigenvalue weighted by Gasteiger charge is -2.29. The molecule has 30 heavy (non-hydrogen) atoms. The highest BCUT2D eigenvalue weighted by molar-refractivity contribution is 5.69. The second-order valence-electron chi connectivity index (χ2n) is 9.04. The van der Waals surface area contributed by atoms with Gasteiger partial charge in [0.25, 0.3) is 0 Å². The summed E-state index contributed by atoms with van der Waals surface area (Å²) in [7, 11) is 0. The van der Waals surface area contributed by atoms with Crippen molar-refractivity contribution in [1.29, 1.82) is 0 Å². The molecule has 2 aromatic rings. The van der Waals surface area contributed by atoms with Gasteiger partial charge in [0, 0.05) is 6.42 Å². The Hall–Kier alpha value is -2.17. The molecule has 0 spiro atoms. The molecule has 0 saturated heterocycles. The minimum absolute atomic E-state index is 0.197. The summed E-state index contributed by atoms with van der Waals surface area (Å²) in [6, 6.07) is 18.1. The number of aryl methyl sites for hydroxylation is 1. The largest absolute Gasteiger partial charge is 0.461 e. The van der Waals surface area contributed by atoms with Crippen LogP contribution in [0.25, 0.3) is 0 Å². The van der Waals surface area contributed by atoms with E-state index in [1.165, 1.54) is 11.1 Å². The number of rotatable bonds is 12. The van der Waals surface area contributed by atoms with E-state index in [4.69, 9.17) is 14.2 Å². The lowest BCUT2D eigenvalue weighted by Crippen LogP contribution is -2.31. The summed E-state index contributed by atoms with van der Waals surface area (Å²) in [5, 5.41) is 0. The van der Waals surface area contributed by atoms with Crippen LogP contribution >= 0.6 is 0 Å². The SMILES string of the molecule is Cc1ccc(COC(C)(C)CCOC(C)(C)CCC(=O)OCc2ccccc2)cc1. The maximum Gasteiger partial charge on any atom is 0.306 e. The lowest BCUT2D eigenvalue weighted by molar-refractivity contribution is -0.147. The molecular weight excluding hydrogens is 376 g/mol. The molecule has 0 fully saturated rings. The Bertz CT molecular complexity index is 763. The Kier molecular flexibility index (Phi) is 9.07. The van der Waals surface area contributed by atoms with Crippen molar-refractivity contribution in [3.63, 3.8) is 0 Å². The molecule has 0 aliphatic carbocycles. The van der Waals surface area contributed by atoms with E-state index in [9.17, 15) is 4.79 Å². The van der Waals surface area contributed by atoms with Gasteiger partial charge in [-0.15, -0.1) is 0 Å². The van der Waals surface area contributed by atoms with E-state index >= 15 is 0 Å². The van der Waals surface area contributed by atoms with Crippen LogP contribution in [0.1, 0.15) is 63.6 Å². The van der Waals surface area contributed by atoms with Crippen LogP contribution in [0.15, 0.2) is 54.6 Å². The summed E-state index contributed by atoms with van der Waals surface area (Å²) in [6.07, 6.45) is 1.74. The van der Waals surface area contributed by atoms with Gasteiger partial charge in [-0.1, -0.05) is 60.2 Å². The van der Waals surface area contributed by atoms with Crippen molar-refractivity contribution in [1.82, 2.24) is 0 Å². The van der Waals surface area contributed by atoms with Gasteiger partial charge in [0.2, 0.25) is 0 Å². The van der Waals surface area contributed by atoms with Crippen molar-refractivity contribution in [2.24, 2.45) is 0 Å². The first-order valence-corrected chi connectivity index (χ1v) is 10.7. The first kappa shape index (κ1) is 24.1. The van der Waals surface area contributed by atoms with Gasteiger partial charge in [0.1, 0.15) is 6.61 Å². The van der Waals surface area contributed by atoms with Gasteiger partial charge >= 0.3 is 5.97 Å².